The first-order valence-corrected chi connectivity index (χ1v) is 7.05. The highest BCUT2D eigenvalue weighted by Crippen LogP contribution is 2.32. The molecule has 0 bridgehead atoms. The molecule has 0 amide bonds. The minimum atomic E-state index is -0.934. The van der Waals surface area contributed by atoms with Crippen LogP contribution in [0, 0.1) is 11.8 Å². The highest BCUT2D eigenvalue weighted by atomic mass is 79.9. The predicted octanol–water partition coefficient (Wildman–Crippen LogP) is 3.95. The van der Waals surface area contributed by atoms with Crippen molar-refractivity contribution in [1.82, 2.24) is 0 Å². The Morgan fingerprint density at radius 2 is 1.84 bits per heavy atom. The van der Waals surface area contributed by atoms with Gasteiger partial charge in [-0.05, 0) is 31.0 Å². The van der Waals surface area contributed by atoms with E-state index in [1.807, 2.05) is 12.2 Å². The summed E-state index contributed by atoms with van der Waals surface area (Å²) < 4.78 is 0.785. The number of hydrogen-bond donors (Lipinski definition) is 1. The van der Waals surface area contributed by atoms with Gasteiger partial charge in [0.25, 0.3) is 0 Å². The highest BCUT2D eigenvalue weighted by molar-refractivity contribution is 9.10. The molecule has 0 aliphatic heterocycles. The molecule has 1 aromatic carbocycles. The highest BCUT2D eigenvalue weighted by Gasteiger charge is 2.34. The molecule has 0 saturated heterocycles. The Bertz CT molecular complexity index is 554. The number of carboxylic acids is 1. The second-order valence-electron chi connectivity index (χ2n) is 4.48. The van der Waals surface area contributed by atoms with E-state index in [1.165, 1.54) is 0 Å². The fourth-order valence-electron chi connectivity index (χ4n) is 2.27. The lowest BCUT2D eigenvalue weighted by Gasteiger charge is -2.24. The minimum Gasteiger partial charge on any atom is -0.481 e. The van der Waals surface area contributed by atoms with Crippen molar-refractivity contribution in [2.75, 3.05) is 0 Å². The smallest absolute Gasteiger partial charge is 0.307 e. The van der Waals surface area contributed by atoms with E-state index in [4.69, 9.17) is 11.6 Å². The number of rotatable bonds is 3. The summed E-state index contributed by atoms with van der Waals surface area (Å²) in [6.07, 6.45) is 4.50. The number of halogens is 2. The van der Waals surface area contributed by atoms with Gasteiger partial charge in [0.2, 0.25) is 0 Å². The molecule has 2 unspecified atom stereocenters. The van der Waals surface area contributed by atoms with Gasteiger partial charge in [-0.1, -0.05) is 39.7 Å². The van der Waals surface area contributed by atoms with Gasteiger partial charge in [0, 0.05) is 16.0 Å². The lowest BCUT2D eigenvalue weighted by molar-refractivity contribution is -0.143. The molecule has 2 rings (SSSR count). The molecule has 5 heteroatoms. The lowest BCUT2D eigenvalue weighted by atomic mass is 9.78. The summed E-state index contributed by atoms with van der Waals surface area (Å²) in [5.41, 5.74) is 0.386. The van der Waals surface area contributed by atoms with Crippen molar-refractivity contribution in [3.05, 3.63) is 45.4 Å². The molecule has 1 aromatic rings. The zero-order chi connectivity index (χ0) is 14.0. The van der Waals surface area contributed by atoms with E-state index in [1.54, 1.807) is 18.2 Å². The Hall–Kier alpha value is -1.13. The number of Topliss-reactive ketones (excluding diaryl/α,β-unsaturated/α-hetero) is 1. The molecule has 19 heavy (non-hydrogen) atoms. The molecule has 1 aliphatic rings. The molecular weight excluding hydrogens is 332 g/mol. The quantitative estimate of drug-likeness (QED) is 0.668. The van der Waals surface area contributed by atoms with Crippen molar-refractivity contribution in [2.45, 2.75) is 12.8 Å². The fraction of sp³-hybridized carbons (Fsp3) is 0.286. The van der Waals surface area contributed by atoms with Gasteiger partial charge in [0.05, 0.1) is 10.9 Å². The SMILES string of the molecule is O=C(O)C1CC=CCC1C(=O)c1ccc(Br)cc1Cl. The average Bonchev–Trinajstić information content (AvgIpc) is 2.38. The van der Waals surface area contributed by atoms with E-state index >= 15 is 0 Å². The average molecular weight is 344 g/mol. The molecule has 0 aromatic heterocycles. The van der Waals surface area contributed by atoms with Crippen molar-refractivity contribution in [2.24, 2.45) is 11.8 Å². The maximum atomic E-state index is 12.4. The van der Waals surface area contributed by atoms with Crippen LogP contribution in [0.1, 0.15) is 23.2 Å². The van der Waals surface area contributed by atoms with Gasteiger partial charge in [-0.25, -0.2) is 0 Å². The van der Waals surface area contributed by atoms with E-state index in [0.29, 0.717) is 23.4 Å². The van der Waals surface area contributed by atoms with E-state index in [0.717, 1.165) is 4.47 Å². The lowest BCUT2D eigenvalue weighted by Crippen LogP contribution is -2.31. The molecule has 1 N–H and O–H groups in total. The van der Waals surface area contributed by atoms with Crippen molar-refractivity contribution >= 4 is 39.3 Å². The van der Waals surface area contributed by atoms with Crippen LogP contribution in [0.3, 0.4) is 0 Å². The molecule has 0 fully saturated rings. The molecule has 0 heterocycles. The number of allylic oxidation sites excluding steroid dienone is 2. The van der Waals surface area contributed by atoms with E-state index in [9.17, 15) is 14.7 Å². The van der Waals surface area contributed by atoms with Gasteiger partial charge in [0.15, 0.2) is 5.78 Å². The molecule has 0 saturated carbocycles. The minimum absolute atomic E-state index is 0.200. The topological polar surface area (TPSA) is 54.4 Å². The Morgan fingerprint density at radius 3 is 2.42 bits per heavy atom. The molecule has 100 valence electrons. The molecule has 1 aliphatic carbocycles. The van der Waals surface area contributed by atoms with E-state index < -0.39 is 17.8 Å². The zero-order valence-electron chi connectivity index (χ0n) is 9.98. The number of benzene rings is 1. The third-order valence-electron chi connectivity index (χ3n) is 3.28. The van der Waals surface area contributed by atoms with Crippen LogP contribution < -0.4 is 0 Å². The van der Waals surface area contributed by atoms with Gasteiger partial charge in [0.1, 0.15) is 0 Å². The number of hydrogen-bond acceptors (Lipinski definition) is 2. The summed E-state index contributed by atoms with van der Waals surface area (Å²) in [5.74, 6) is -2.34. The largest absolute Gasteiger partial charge is 0.481 e. The first-order chi connectivity index (χ1) is 9.00. The molecule has 2 atom stereocenters. The van der Waals surface area contributed by atoms with Gasteiger partial charge < -0.3 is 5.11 Å². The summed E-state index contributed by atoms with van der Waals surface area (Å²) in [6, 6.07) is 5.00. The molecule has 0 spiro atoms. The maximum Gasteiger partial charge on any atom is 0.307 e. The normalized spacial score (nSPS) is 22.2. The van der Waals surface area contributed by atoms with E-state index in [2.05, 4.69) is 15.9 Å². The monoisotopic (exact) mass is 342 g/mol. The van der Waals surface area contributed by atoms with Crippen LogP contribution >= 0.6 is 27.5 Å². The molecule has 3 nitrogen and oxygen atoms in total. The number of ketones is 1. The maximum absolute atomic E-state index is 12.4. The van der Waals surface area contributed by atoms with Crippen LogP contribution in [0.2, 0.25) is 5.02 Å². The number of carbonyl (C=O) groups is 2. The predicted molar refractivity (Wildman–Crippen MR) is 76.5 cm³/mol. The van der Waals surface area contributed by atoms with E-state index in [-0.39, 0.29) is 5.78 Å². The number of carbonyl (C=O) groups excluding carboxylic acids is 1. The van der Waals surface area contributed by atoms with Gasteiger partial charge in [-0.3, -0.25) is 9.59 Å². The van der Waals surface area contributed by atoms with Crippen LogP contribution in [0.25, 0.3) is 0 Å². The third-order valence-corrected chi connectivity index (χ3v) is 4.09. The fourth-order valence-corrected chi connectivity index (χ4v) is 3.03. The Balaban J connectivity index is 2.32. The second kappa shape index (κ2) is 5.88. The summed E-state index contributed by atoms with van der Waals surface area (Å²) in [5, 5.41) is 9.54. The Morgan fingerprint density at radius 1 is 1.21 bits per heavy atom. The van der Waals surface area contributed by atoms with Crippen LogP contribution in [0.5, 0.6) is 0 Å². The van der Waals surface area contributed by atoms with Crippen LogP contribution in [-0.2, 0) is 4.79 Å². The number of carboxylic acid groups (broad SMARTS) is 1. The molecular formula is C14H12BrClO3. The van der Waals surface area contributed by atoms with Gasteiger partial charge >= 0.3 is 5.97 Å². The summed E-state index contributed by atoms with van der Waals surface area (Å²) in [7, 11) is 0. The Kier molecular flexibility index (Phi) is 4.42. The van der Waals surface area contributed by atoms with Crippen molar-refractivity contribution in [3.63, 3.8) is 0 Å². The first-order valence-electron chi connectivity index (χ1n) is 5.87. The van der Waals surface area contributed by atoms with Crippen molar-refractivity contribution in [3.8, 4) is 0 Å². The summed E-state index contributed by atoms with van der Waals surface area (Å²) in [4.78, 5) is 23.7. The van der Waals surface area contributed by atoms with Gasteiger partial charge in [-0.2, -0.15) is 0 Å². The van der Waals surface area contributed by atoms with Crippen LogP contribution in [0.4, 0.5) is 0 Å². The third kappa shape index (κ3) is 3.07. The Labute approximate surface area is 124 Å². The summed E-state index contributed by atoms with van der Waals surface area (Å²) >= 11 is 9.33. The molecule has 0 radical (unpaired) electrons. The van der Waals surface area contributed by atoms with Crippen molar-refractivity contribution < 1.29 is 14.7 Å². The first kappa shape index (κ1) is 14.3. The van der Waals surface area contributed by atoms with Gasteiger partial charge in [-0.15, -0.1) is 0 Å². The second-order valence-corrected chi connectivity index (χ2v) is 5.81. The standard InChI is InChI=1S/C14H12BrClO3/c15-8-5-6-11(12(16)7-8)13(17)9-3-1-2-4-10(9)14(18)19/h1-2,5-7,9-10H,3-4H2,(H,18,19). The zero-order valence-corrected chi connectivity index (χ0v) is 12.3. The number of aliphatic carboxylic acids is 1. The van der Waals surface area contributed by atoms with Crippen LogP contribution in [0.15, 0.2) is 34.8 Å². The van der Waals surface area contributed by atoms with Crippen LogP contribution in [-0.4, -0.2) is 16.9 Å². The van der Waals surface area contributed by atoms with Crippen molar-refractivity contribution in [1.29, 1.82) is 0 Å². The summed E-state index contributed by atoms with van der Waals surface area (Å²) in [6.45, 7) is 0.